The van der Waals surface area contributed by atoms with Gasteiger partial charge in [0.25, 0.3) is 0 Å². The van der Waals surface area contributed by atoms with Crippen LogP contribution in [-0.2, 0) is 0 Å². The summed E-state index contributed by atoms with van der Waals surface area (Å²) >= 11 is 0. The quantitative estimate of drug-likeness (QED) is 0.197. The second kappa shape index (κ2) is 11.2. The topological polar surface area (TPSA) is 43.6 Å². The molecule has 0 unspecified atom stereocenters. The van der Waals surface area contributed by atoms with Crippen molar-refractivity contribution in [2.45, 2.75) is 0 Å². The van der Waals surface area contributed by atoms with Gasteiger partial charge in [0, 0.05) is 44.1 Å². The summed E-state index contributed by atoms with van der Waals surface area (Å²) in [6.07, 6.45) is 0. The Bertz CT molecular complexity index is 2480. The van der Waals surface area contributed by atoms with Crippen molar-refractivity contribution in [3.8, 4) is 50.8 Å². The molecule has 0 bridgehead atoms. The Morgan fingerprint density at radius 2 is 0.936 bits per heavy atom. The van der Waals surface area contributed by atoms with Gasteiger partial charge >= 0.3 is 0 Å². The lowest BCUT2D eigenvalue weighted by Gasteiger charge is -2.13. The van der Waals surface area contributed by atoms with Crippen molar-refractivity contribution in [3.63, 3.8) is 0 Å². The molecule has 6 aromatic carbocycles. The molecular weight excluding hydrogens is 573 g/mol. The van der Waals surface area contributed by atoms with Gasteiger partial charge in [-0.15, -0.1) is 0 Å². The first-order valence-electron chi connectivity index (χ1n) is 15.8. The number of hydrogen-bond donors (Lipinski definition) is 0. The SMILES string of the molecule is c1ccc(-c2cc(-c3ccccc3)nc(-c3ccc(-n4c5ccccc5c5c(-c6ccccc6)nc6ccccc6c54)cc3)n2)cc1. The van der Waals surface area contributed by atoms with E-state index in [-0.39, 0.29) is 0 Å². The number of benzene rings is 6. The lowest BCUT2D eigenvalue weighted by molar-refractivity contribution is 1.17. The molecule has 0 atom stereocenters. The number of hydrogen-bond acceptors (Lipinski definition) is 3. The van der Waals surface area contributed by atoms with Crippen molar-refractivity contribution in [3.05, 3.63) is 170 Å². The van der Waals surface area contributed by atoms with Crippen molar-refractivity contribution in [2.75, 3.05) is 0 Å². The van der Waals surface area contributed by atoms with Gasteiger partial charge in [0.05, 0.1) is 33.6 Å². The molecule has 4 heteroatoms. The maximum Gasteiger partial charge on any atom is 0.160 e. The third-order valence-electron chi connectivity index (χ3n) is 8.80. The Kier molecular flexibility index (Phi) is 6.43. The zero-order valence-electron chi connectivity index (χ0n) is 25.5. The molecule has 0 aliphatic rings. The lowest BCUT2D eigenvalue weighted by Crippen LogP contribution is -1.98. The van der Waals surface area contributed by atoms with Crippen LogP contribution in [0.3, 0.4) is 0 Å². The van der Waals surface area contributed by atoms with E-state index in [1.54, 1.807) is 0 Å². The standard InChI is InChI=1S/C43H28N4/c1-4-14-29(15-5-1)37-28-38(30-16-6-2-7-17-30)46-43(45-37)32-24-26-33(27-25-32)47-39-23-13-11-21-35(39)40-41(31-18-8-3-9-19-31)44-36-22-12-10-20-34(36)42(40)47/h1-28H. The van der Waals surface area contributed by atoms with Gasteiger partial charge in [-0.1, -0.05) is 127 Å². The van der Waals surface area contributed by atoms with Gasteiger partial charge in [-0.05, 0) is 42.5 Å². The Morgan fingerprint density at radius 1 is 0.404 bits per heavy atom. The monoisotopic (exact) mass is 600 g/mol. The van der Waals surface area contributed by atoms with Gasteiger partial charge in [-0.2, -0.15) is 0 Å². The largest absolute Gasteiger partial charge is 0.308 e. The van der Waals surface area contributed by atoms with Crippen molar-refractivity contribution in [1.82, 2.24) is 19.5 Å². The number of nitrogens with zero attached hydrogens (tertiary/aromatic N) is 4. The number of aromatic nitrogens is 4. The maximum atomic E-state index is 5.22. The minimum atomic E-state index is 0.694. The fraction of sp³-hybridized carbons (Fsp3) is 0. The van der Waals surface area contributed by atoms with E-state index in [0.717, 1.165) is 72.3 Å². The van der Waals surface area contributed by atoms with Crippen molar-refractivity contribution < 1.29 is 0 Å². The molecule has 0 amide bonds. The van der Waals surface area contributed by atoms with Gasteiger partial charge in [-0.25, -0.2) is 15.0 Å². The zero-order valence-corrected chi connectivity index (χ0v) is 25.5. The van der Waals surface area contributed by atoms with Crippen LogP contribution in [0.15, 0.2) is 170 Å². The van der Waals surface area contributed by atoms with Gasteiger partial charge in [-0.3, -0.25) is 0 Å². The molecule has 47 heavy (non-hydrogen) atoms. The van der Waals surface area contributed by atoms with Crippen molar-refractivity contribution in [2.24, 2.45) is 0 Å². The highest BCUT2D eigenvalue weighted by atomic mass is 15.0. The van der Waals surface area contributed by atoms with E-state index in [0.29, 0.717) is 5.82 Å². The summed E-state index contributed by atoms with van der Waals surface area (Å²) in [6, 6.07) is 58.9. The maximum absolute atomic E-state index is 5.22. The van der Waals surface area contributed by atoms with Crippen LogP contribution >= 0.6 is 0 Å². The fourth-order valence-electron chi connectivity index (χ4n) is 6.61. The molecule has 0 saturated heterocycles. The van der Waals surface area contributed by atoms with Crippen LogP contribution in [0, 0.1) is 0 Å². The molecule has 4 nitrogen and oxygen atoms in total. The van der Waals surface area contributed by atoms with Crippen LogP contribution in [0.4, 0.5) is 0 Å². The third-order valence-corrected chi connectivity index (χ3v) is 8.80. The Morgan fingerprint density at radius 3 is 1.57 bits per heavy atom. The first-order valence-corrected chi connectivity index (χ1v) is 15.8. The predicted octanol–water partition coefficient (Wildman–Crippen LogP) is 10.8. The Hall–Kier alpha value is -6.39. The number of pyridine rings is 1. The van der Waals surface area contributed by atoms with E-state index in [1.165, 1.54) is 5.39 Å². The molecule has 220 valence electrons. The smallest absolute Gasteiger partial charge is 0.160 e. The minimum absolute atomic E-state index is 0.694. The van der Waals surface area contributed by atoms with Crippen LogP contribution in [0.5, 0.6) is 0 Å². The van der Waals surface area contributed by atoms with Gasteiger partial charge in [0.1, 0.15) is 0 Å². The van der Waals surface area contributed by atoms with E-state index in [4.69, 9.17) is 15.0 Å². The summed E-state index contributed by atoms with van der Waals surface area (Å²) < 4.78 is 2.38. The third kappa shape index (κ3) is 4.66. The van der Waals surface area contributed by atoms with E-state index >= 15 is 0 Å². The van der Waals surface area contributed by atoms with Crippen LogP contribution < -0.4 is 0 Å². The molecule has 0 saturated carbocycles. The molecule has 9 rings (SSSR count). The summed E-state index contributed by atoms with van der Waals surface area (Å²) in [5.41, 5.74) is 11.3. The van der Waals surface area contributed by atoms with Gasteiger partial charge in [0.15, 0.2) is 5.82 Å². The van der Waals surface area contributed by atoms with E-state index in [9.17, 15) is 0 Å². The van der Waals surface area contributed by atoms with Crippen LogP contribution in [0.25, 0.3) is 83.6 Å². The number of para-hydroxylation sites is 2. The second-order valence-electron chi connectivity index (χ2n) is 11.7. The molecule has 0 fully saturated rings. The summed E-state index contributed by atoms with van der Waals surface area (Å²) in [6.45, 7) is 0. The Balaban J connectivity index is 1.25. The normalized spacial score (nSPS) is 11.4. The zero-order chi connectivity index (χ0) is 31.2. The van der Waals surface area contributed by atoms with Gasteiger partial charge in [0.2, 0.25) is 0 Å². The summed E-state index contributed by atoms with van der Waals surface area (Å²) in [7, 11) is 0. The first kappa shape index (κ1) is 27.0. The highest BCUT2D eigenvalue weighted by Gasteiger charge is 2.20. The van der Waals surface area contributed by atoms with Crippen LogP contribution in [0.1, 0.15) is 0 Å². The molecule has 0 N–H and O–H groups in total. The Labute approximate surface area is 272 Å². The van der Waals surface area contributed by atoms with Crippen LogP contribution in [0.2, 0.25) is 0 Å². The molecule has 0 aliphatic heterocycles. The highest BCUT2D eigenvalue weighted by Crippen LogP contribution is 2.41. The molecule has 0 aliphatic carbocycles. The summed E-state index contributed by atoms with van der Waals surface area (Å²) in [4.78, 5) is 15.3. The summed E-state index contributed by atoms with van der Waals surface area (Å²) in [5, 5.41) is 3.45. The molecular formula is C43H28N4. The fourth-order valence-corrected chi connectivity index (χ4v) is 6.61. The molecule has 0 radical (unpaired) electrons. The number of rotatable bonds is 5. The average Bonchev–Trinajstić information content (AvgIpc) is 3.51. The number of fused-ring (bicyclic) bond motifs is 5. The van der Waals surface area contributed by atoms with E-state index < -0.39 is 0 Å². The second-order valence-corrected chi connectivity index (χ2v) is 11.7. The summed E-state index contributed by atoms with van der Waals surface area (Å²) in [5.74, 6) is 0.694. The average molecular weight is 601 g/mol. The minimum Gasteiger partial charge on any atom is -0.308 e. The van der Waals surface area contributed by atoms with E-state index in [2.05, 4.69) is 138 Å². The van der Waals surface area contributed by atoms with E-state index in [1.807, 2.05) is 36.4 Å². The van der Waals surface area contributed by atoms with Crippen molar-refractivity contribution in [1.29, 1.82) is 0 Å². The molecule has 3 aromatic heterocycles. The lowest BCUT2D eigenvalue weighted by atomic mass is 10.0. The van der Waals surface area contributed by atoms with Crippen molar-refractivity contribution >= 4 is 32.7 Å². The molecule has 0 spiro atoms. The van der Waals surface area contributed by atoms with Gasteiger partial charge < -0.3 is 4.57 Å². The predicted molar refractivity (Wildman–Crippen MR) is 193 cm³/mol. The highest BCUT2D eigenvalue weighted by molar-refractivity contribution is 6.22. The first-order chi connectivity index (χ1) is 23.3. The molecule has 9 aromatic rings. The van der Waals surface area contributed by atoms with Crippen LogP contribution in [-0.4, -0.2) is 19.5 Å². The molecule has 3 heterocycles.